The van der Waals surface area contributed by atoms with E-state index < -0.39 is 0 Å². The number of nitrogens with zero attached hydrogens (tertiary/aromatic N) is 1. The predicted octanol–water partition coefficient (Wildman–Crippen LogP) is 7.91. The van der Waals surface area contributed by atoms with Crippen molar-refractivity contribution < 1.29 is 19.1 Å². The molecule has 1 saturated heterocycles. The topological polar surface area (TPSA) is 55.8 Å². The summed E-state index contributed by atoms with van der Waals surface area (Å²) in [7, 11) is 0. The monoisotopic (exact) mass is 521 g/mol. The fourth-order valence-electron chi connectivity index (χ4n) is 5.33. The summed E-state index contributed by atoms with van der Waals surface area (Å²) in [5.74, 6) is 0.740. The van der Waals surface area contributed by atoms with Crippen molar-refractivity contribution in [1.29, 1.82) is 0 Å². The standard InChI is InChI=1S/C33H47NO4/c1-6-9-10-14-20-33(4,5)26-17-18-28(30(22-26)37-24-25-15-12-11-13-16-25)29-23-27(38-32(36)8-3)19-21-34(29)31(35)7-2/h11-13,15-18,22,27,29H,6-10,14,19-21,23-24H2,1-5H3/t27-,29+/m0/s1. The number of hydrogen-bond donors (Lipinski definition) is 0. The Hall–Kier alpha value is -2.82. The van der Waals surface area contributed by atoms with Gasteiger partial charge in [-0.3, -0.25) is 9.59 Å². The van der Waals surface area contributed by atoms with E-state index in [-0.39, 0.29) is 29.4 Å². The van der Waals surface area contributed by atoms with Gasteiger partial charge in [0.05, 0.1) is 6.04 Å². The van der Waals surface area contributed by atoms with E-state index in [0.717, 1.165) is 23.3 Å². The second-order valence-electron chi connectivity index (χ2n) is 11.2. The first kappa shape index (κ1) is 29.7. The molecule has 2 atom stereocenters. The molecule has 5 nitrogen and oxygen atoms in total. The third kappa shape index (κ3) is 8.09. The van der Waals surface area contributed by atoms with Gasteiger partial charge in [0.2, 0.25) is 5.91 Å². The number of ether oxygens (including phenoxy) is 2. The first-order chi connectivity index (χ1) is 18.3. The van der Waals surface area contributed by atoms with Crippen LogP contribution in [-0.4, -0.2) is 29.4 Å². The normalized spacial score (nSPS) is 17.8. The molecule has 0 N–H and O–H groups in total. The van der Waals surface area contributed by atoms with Crippen LogP contribution in [0.3, 0.4) is 0 Å². The van der Waals surface area contributed by atoms with Crippen LogP contribution < -0.4 is 4.74 Å². The van der Waals surface area contributed by atoms with Crippen LogP contribution >= 0.6 is 0 Å². The zero-order valence-electron chi connectivity index (χ0n) is 24.1. The van der Waals surface area contributed by atoms with Crippen LogP contribution in [0.5, 0.6) is 5.75 Å². The molecule has 1 aliphatic heterocycles. The highest BCUT2D eigenvalue weighted by atomic mass is 16.5. The van der Waals surface area contributed by atoms with E-state index in [9.17, 15) is 9.59 Å². The number of carbonyl (C=O) groups is 2. The Morgan fingerprint density at radius 3 is 2.42 bits per heavy atom. The average molecular weight is 522 g/mol. The molecular weight excluding hydrogens is 474 g/mol. The maximum atomic E-state index is 13.0. The fraction of sp³-hybridized carbons (Fsp3) is 0.576. The van der Waals surface area contributed by atoms with Gasteiger partial charge in [0.25, 0.3) is 0 Å². The van der Waals surface area contributed by atoms with E-state index in [1.54, 1.807) is 0 Å². The Bertz CT molecular complexity index is 1030. The van der Waals surface area contributed by atoms with Crippen LogP contribution in [-0.2, 0) is 26.3 Å². The number of rotatable bonds is 13. The Morgan fingerprint density at radius 1 is 0.974 bits per heavy atom. The van der Waals surface area contributed by atoms with Crippen molar-refractivity contribution >= 4 is 11.9 Å². The molecule has 208 valence electrons. The molecule has 0 unspecified atom stereocenters. The number of likely N-dealkylation sites (tertiary alicyclic amines) is 1. The number of carbonyl (C=O) groups excluding carboxylic acids is 2. The minimum absolute atomic E-state index is 0.0157. The van der Waals surface area contributed by atoms with Crippen LogP contribution in [0.2, 0.25) is 0 Å². The van der Waals surface area contributed by atoms with Crippen molar-refractivity contribution in [3.8, 4) is 5.75 Å². The summed E-state index contributed by atoms with van der Waals surface area (Å²) in [4.78, 5) is 27.0. The van der Waals surface area contributed by atoms with E-state index in [1.165, 1.54) is 31.2 Å². The molecule has 5 heteroatoms. The van der Waals surface area contributed by atoms with Gasteiger partial charge >= 0.3 is 5.97 Å². The van der Waals surface area contributed by atoms with E-state index in [1.807, 2.05) is 36.9 Å². The van der Waals surface area contributed by atoms with E-state index >= 15 is 0 Å². The van der Waals surface area contributed by atoms with Gasteiger partial charge in [0, 0.05) is 37.8 Å². The Labute approximate surface area is 229 Å². The minimum atomic E-state index is -0.204. The lowest BCUT2D eigenvalue weighted by atomic mass is 9.79. The molecule has 0 aliphatic carbocycles. The molecule has 0 bridgehead atoms. The lowest BCUT2D eigenvalue weighted by molar-refractivity contribution is -0.153. The van der Waals surface area contributed by atoms with Gasteiger partial charge in [-0.2, -0.15) is 0 Å². The summed E-state index contributed by atoms with van der Waals surface area (Å²) in [6, 6.07) is 16.5. The maximum Gasteiger partial charge on any atom is 0.305 e. The smallest absolute Gasteiger partial charge is 0.305 e. The van der Waals surface area contributed by atoms with Crippen LogP contribution in [0.4, 0.5) is 0 Å². The molecule has 38 heavy (non-hydrogen) atoms. The summed E-state index contributed by atoms with van der Waals surface area (Å²) in [5.41, 5.74) is 3.36. The summed E-state index contributed by atoms with van der Waals surface area (Å²) in [6.07, 6.45) is 7.91. The van der Waals surface area contributed by atoms with Gasteiger partial charge < -0.3 is 14.4 Å². The number of benzene rings is 2. The second-order valence-corrected chi connectivity index (χ2v) is 11.2. The van der Waals surface area contributed by atoms with Crippen molar-refractivity contribution in [2.45, 2.75) is 117 Å². The molecule has 3 rings (SSSR count). The molecule has 1 amide bonds. The lowest BCUT2D eigenvalue weighted by Gasteiger charge is -2.40. The van der Waals surface area contributed by atoms with E-state index in [0.29, 0.717) is 38.8 Å². The third-order valence-corrected chi connectivity index (χ3v) is 7.81. The number of amides is 1. The molecule has 2 aromatic rings. The van der Waals surface area contributed by atoms with Gasteiger partial charge in [0.15, 0.2) is 0 Å². The van der Waals surface area contributed by atoms with Gasteiger partial charge in [0.1, 0.15) is 18.5 Å². The van der Waals surface area contributed by atoms with Gasteiger partial charge in [-0.1, -0.05) is 103 Å². The van der Waals surface area contributed by atoms with Gasteiger partial charge in [-0.25, -0.2) is 0 Å². The first-order valence-electron chi connectivity index (χ1n) is 14.6. The molecular formula is C33H47NO4. The maximum absolute atomic E-state index is 13.0. The van der Waals surface area contributed by atoms with Crippen molar-refractivity contribution in [3.05, 3.63) is 65.2 Å². The van der Waals surface area contributed by atoms with E-state index in [2.05, 4.69) is 51.1 Å². The second kappa shape index (κ2) is 14.4. The summed E-state index contributed by atoms with van der Waals surface area (Å²) in [6.45, 7) is 11.6. The first-order valence-corrected chi connectivity index (χ1v) is 14.6. The Morgan fingerprint density at radius 2 is 1.74 bits per heavy atom. The van der Waals surface area contributed by atoms with Crippen molar-refractivity contribution in [3.63, 3.8) is 0 Å². The number of unbranched alkanes of at least 4 members (excludes halogenated alkanes) is 3. The molecule has 0 radical (unpaired) electrons. The molecule has 1 fully saturated rings. The zero-order chi connectivity index (χ0) is 27.5. The van der Waals surface area contributed by atoms with Crippen molar-refractivity contribution in [1.82, 2.24) is 4.90 Å². The highest BCUT2D eigenvalue weighted by Crippen LogP contribution is 2.41. The van der Waals surface area contributed by atoms with Gasteiger partial charge in [-0.15, -0.1) is 0 Å². The van der Waals surface area contributed by atoms with Crippen molar-refractivity contribution in [2.24, 2.45) is 0 Å². The quantitative estimate of drug-likeness (QED) is 0.198. The van der Waals surface area contributed by atoms with E-state index in [4.69, 9.17) is 9.47 Å². The Kier molecular flexibility index (Phi) is 11.2. The minimum Gasteiger partial charge on any atom is -0.489 e. The van der Waals surface area contributed by atoms with Crippen LogP contribution in [0.1, 0.15) is 115 Å². The predicted molar refractivity (Wildman–Crippen MR) is 153 cm³/mol. The van der Waals surface area contributed by atoms with Crippen LogP contribution in [0.25, 0.3) is 0 Å². The summed E-state index contributed by atoms with van der Waals surface area (Å²) >= 11 is 0. The molecule has 0 saturated carbocycles. The highest BCUT2D eigenvalue weighted by molar-refractivity contribution is 5.76. The number of piperidine rings is 1. The molecule has 1 heterocycles. The largest absolute Gasteiger partial charge is 0.489 e. The summed E-state index contributed by atoms with van der Waals surface area (Å²) in [5, 5.41) is 0. The van der Waals surface area contributed by atoms with Gasteiger partial charge in [-0.05, 0) is 29.0 Å². The number of hydrogen-bond acceptors (Lipinski definition) is 4. The van der Waals surface area contributed by atoms with Crippen LogP contribution in [0, 0.1) is 0 Å². The molecule has 1 aliphatic rings. The summed E-state index contributed by atoms with van der Waals surface area (Å²) < 4.78 is 12.3. The third-order valence-electron chi connectivity index (χ3n) is 7.81. The molecule has 0 spiro atoms. The van der Waals surface area contributed by atoms with Crippen LogP contribution in [0.15, 0.2) is 48.5 Å². The fourth-order valence-corrected chi connectivity index (χ4v) is 5.33. The average Bonchev–Trinajstić information content (AvgIpc) is 2.94. The molecule has 0 aromatic heterocycles. The lowest BCUT2D eigenvalue weighted by Crippen LogP contribution is -2.43. The SMILES string of the molecule is CCCCCCC(C)(C)c1ccc([C@H]2C[C@@H](OC(=O)CC)CCN2C(=O)CC)c(OCc2ccccc2)c1. The Balaban J connectivity index is 1.95. The number of esters is 1. The molecule has 2 aromatic carbocycles. The highest BCUT2D eigenvalue weighted by Gasteiger charge is 2.36. The zero-order valence-corrected chi connectivity index (χ0v) is 24.1. The van der Waals surface area contributed by atoms with Crippen molar-refractivity contribution in [2.75, 3.05) is 6.54 Å².